The van der Waals surface area contributed by atoms with Gasteiger partial charge in [-0.05, 0) is 55.2 Å². The van der Waals surface area contributed by atoms with Crippen LogP contribution in [0.3, 0.4) is 0 Å². The summed E-state index contributed by atoms with van der Waals surface area (Å²) in [6.07, 6.45) is 9.13. The number of hydrogen-bond donors (Lipinski definition) is 2. The van der Waals surface area contributed by atoms with Gasteiger partial charge in [-0.3, -0.25) is 4.90 Å². The molecule has 7 heteroatoms. The Kier molecular flexibility index (Phi) is 13.1. The molecule has 0 aliphatic heterocycles. The maximum absolute atomic E-state index is 12.7. The van der Waals surface area contributed by atoms with Crippen LogP contribution in [-0.2, 0) is 9.53 Å². The van der Waals surface area contributed by atoms with Gasteiger partial charge in [-0.15, -0.1) is 0 Å². The molecule has 37 heavy (non-hydrogen) atoms. The number of carbonyl (C=O) groups is 2. The Hall–Kier alpha value is -3.48. The van der Waals surface area contributed by atoms with E-state index >= 15 is 0 Å². The van der Waals surface area contributed by atoms with Crippen molar-refractivity contribution in [3.8, 4) is 16.9 Å². The van der Waals surface area contributed by atoms with Crippen molar-refractivity contribution in [3.05, 3.63) is 53.8 Å². The fourth-order valence-electron chi connectivity index (χ4n) is 3.83. The Morgan fingerprint density at radius 1 is 0.973 bits per heavy atom. The third-order valence-electron chi connectivity index (χ3n) is 5.98. The molecule has 2 aromatic rings. The number of unbranched alkanes of at least 4 members (excludes halogenated alkanes) is 5. The normalized spacial score (nSPS) is 11.2. The summed E-state index contributed by atoms with van der Waals surface area (Å²) in [5.41, 5.74) is 3.22. The van der Waals surface area contributed by atoms with E-state index in [1.54, 1.807) is 18.9 Å². The summed E-state index contributed by atoms with van der Waals surface area (Å²) >= 11 is 0. The van der Waals surface area contributed by atoms with E-state index in [4.69, 9.17) is 9.47 Å². The number of nitrogens with one attached hydrogen (secondary N) is 1. The molecule has 0 saturated heterocycles. The highest BCUT2D eigenvalue weighted by atomic mass is 16.5. The van der Waals surface area contributed by atoms with Crippen molar-refractivity contribution in [2.24, 2.45) is 0 Å². The highest BCUT2D eigenvalue weighted by Crippen LogP contribution is 2.34. The molecule has 0 aromatic heterocycles. The highest BCUT2D eigenvalue weighted by molar-refractivity contribution is 5.92. The number of ether oxygens (including phenoxy) is 2. The number of amides is 2. The lowest BCUT2D eigenvalue weighted by Gasteiger charge is -2.20. The maximum Gasteiger partial charge on any atom is 0.371 e. The van der Waals surface area contributed by atoms with Crippen molar-refractivity contribution < 1.29 is 24.2 Å². The summed E-state index contributed by atoms with van der Waals surface area (Å²) < 4.78 is 11.4. The van der Waals surface area contributed by atoms with E-state index in [1.807, 2.05) is 42.5 Å². The number of hydrogen-bond acceptors (Lipinski definition) is 4. The Morgan fingerprint density at radius 2 is 1.73 bits per heavy atom. The fraction of sp³-hybridized carbons (Fsp3) is 0.467. The van der Waals surface area contributed by atoms with Gasteiger partial charge in [-0.1, -0.05) is 70.2 Å². The van der Waals surface area contributed by atoms with Gasteiger partial charge in [0, 0.05) is 24.8 Å². The van der Waals surface area contributed by atoms with Gasteiger partial charge in [0.15, 0.2) is 0 Å². The van der Waals surface area contributed by atoms with Crippen LogP contribution >= 0.6 is 0 Å². The minimum absolute atomic E-state index is 0.116. The summed E-state index contributed by atoms with van der Waals surface area (Å²) in [6, 6.07) is 13.2. The molecule has 2 rings (SSSR count). The molecule has 0 atom stereocenters. The Bertz CT molecular complexity index is 1030. The molecule has 2 N–H and O–H groups in total. The number of carboxylic acids is 1. The van der Waals surface area contributed by atoms with Crippen LogP contribution in [0.5, 0.6) is 5.75 Å². The number of rotatable bonds is 16. The average Bonchev–Trinajstić information content (AvgIpc) is 2.90. The number of urea groups is 1. The van der Waals surface area contributed by atoms with E-state index in [-0.39, 0.29) is 18.4 Å². The number of carboxylic acid groups (broad SMARTS) is 1. The molecule has 2 amide bonds. The van der Waals surface area contributed by atoms with Crippen LogP contribution in [0.1, 0.15) is 71.3 Å². The van der Waals surface area contributed by atoms with Gasteiger partial charge in [0.25, 0.3) is 0 Å². The van der Waals surface area contributed by atoms with E-state index in [1.165, 1.54) is 25.3 Å². The lowest BCUT2D eigenvalue weighted by molar-refractivity contribution is -0.136. The second-order valence-electron chi connectivity index (χ2n) is 8.96. The van der Waals surface area contributed by atoms with Crippen molar-refractivity contribution >= 4 is 23.8 Å². The molecule has 0 radical (unpaired) electrons. The van der Waals surface area contributed by atoms with Crippen molar-refractivity contribution in [3.63, 3.8) is 0 Å². The molecule has 202 valence electrons. The van der Waals surface area contributed by atoms with Crippen molar-refractivity contribution in [2.75, 3.05) is 31.7 Å². The average molecular weight is 511 g/mol. The highest BCUT2D eigenvalue weighted by Gasteiger charge is 2.14. The number of anilines is 1. The first kappa shape index (κ1) is 29.7. The molecular weight excluding hydrogens is 468 g/mol. The second-order valence-corrected chi connectivity index (χ2v) is 8.96. The molecule has 0 unspecified atom stereocenters. The Balaban J connectivity index is 2.25. The summed E-state index contributed by atoms with van der Waals surface area (Å²) in [5, 5.41) is 12.4. The molecule has 0 bridgehead atoms. The van der Waals surface area contributed by atoms with Crippen LogP contribution in [0.2, 0.25) is 0 Å². The van der Waals surface area contributed by atoms with Gasteiger partial charge < -0.3 is 19.9 Å². The molecule has 0 aliphatic rings. The lowest BCUT2D eigenvalue weighted by atomic mass is 10.0. The second kappa shape index (κ2) is 16.3. The van der Waals surface area contributed by atoms with Gasteiger partial charge in [-0.25, -0.2) is 9.59 Å². The van der Waals surface area contributed by atoms with Crippen molar-refractivity contribution in [1.82, 2.24) is 5.32 Å². The number of nitrogens with zero attached hydrogens (tertiary/aromatic N) is 1. The number of carbonyl (C=O) groups excluding carboxylic acids is 1. The zero-order valence-electron chi connectivity index (χ0n) is 22.7. The van der Waals surface area contributed by atoms with Crippen LogP contribution in [0.15, 0.2) is 48.2 Å². The molecule has 0 fully saturated rings. The van der Waals surface area contributed by atoms with E-state index < -0.39 is 5.97 Å². The number of benzene rings is 2. The first-order chi connectivity index (χ1) is 17.9. The largest absolute Gasteiger partial charge is 0.493 e. The minimum atomic E-state index is -1.12. The molecule has 0 aliphatic carbocycles. The molecule has 0 saturated carbocycles. The van der Waals surface area contributed by atoms with Gasteiger partial charge in [0.2, 0.25) is 5.76 Å². The summed E-state index contributed by atoms with van der Waals surface area (Å²) in [4.78, 5) is 25.8. The van der Waals surface area contributed by atoms with E-state index in [0.29, 0.717) is 24.5 Å². The third-order valence-corrected chi connectivity index (χ3v) is 5.98. The lowest BCUT2D eigenvalue weighted by Crippen LogP contribution is -2.37. The fourth-order valence-corrected chi connectivity index (χ4v) is 3.83. The van der Waals surface area contributed by atoms with E-state index in [9.17, 15) is 14.7 Å². The first-order valence-corrected chi connectivity index (χ1v) is 13.4. The Labute approximate surface area is 221 Å². The smallest absolute Gasteiger partial charge is 0.371 e. The topological polar surface area (TPSA) is 88.1 Å². The quantitative estimate of drug-likeness (QED) is 0.143. The first-order valence-electron chi connectivity index (χ1n) is 13.4. The van der Waals surface area contributed by atoms with E-state index in [2.05, 4.69) is 19.2 Å². The summed E-state index contributed by atoms with van der Waals surface area (Å²) in [5.74, 6) is -0.580. The van der Waals surface area contributed by atoms with Crippen molar-refractivity contribution in [2.45, 2.75) is 65.7 Å². The predicted molar refractivity (Wildman–Crippen MR) is 150 cm³/mol. The van der Waals surface area contributed by atoms with Crippen LogP contribution in [0.25, 0.3) is 17.2 Å². The third kappa shape index (κ3) is 9.83. The van der Waals surface area contributed by atoms with Crippen LogP contribution in [-0.4, -0.2) is 43.9 Å². The van der Waals surface area contributed by atoms with Gasteiger partial charge >= 0.3 is 12.0 Å². The predicted octanol–water partition coefficient (Wildman–Crippen LogP) is 7.11. The number of aliphatic carboxylic acids is 1. The summed E-state index contributed by atoms with van der Waals surface area (Å²) in [7, 11) is 1.76. The van der Waals surface area contributed by atoms with Gasteiger partial charge in [-0.2, -0.15) is 0 Å². The molecule has 2 aromatic carbocycles. The summed E-state index contributed by atoms with van der Waals surface area (Å²) in [6.45, 7) is 7.51. The SMILES string of the molecule is CCCCCCCNC(=O)N(C)c1cccc(-c2ccc(C=C(OCC)C(=O)O)cc2OCCCC)c1. The molecule has 0 spiro atoms. The molecule has 7 nitrogen and oxygen atoms in total. The zero-order chi connectivity index (χ0) is 27.0. The monoisotopic (exact) mass is 510 g/mol. The van der Waals surface area contributed by atoms with Crippen LogP contribution in [0, 0.1) is 0 Å². The van der Waals surface area contributed by atoms with Gasteiger partial charge in [0.05, 0.1) is 13.2 Å². The Morgan fingerprint density at radius 3 is 2.43 bits per heavy atom. The maximum atomic E-state index is 12.7. The standard InChI is InChI=1S/C30H42N2O5/c1-5-8-10-11-12-18-31-30(35)32(4)25-15-13-14-24(22-25)26-17-16-23(20-27(26)37-19-9-6-2)21-28(29(33)34)36-7-3/h13-17,20-22H,5-12,18-19H2,1-4H3,(H,31,35)(H,33,34). The zero-order valence-corrected chi connectivity index (χ0v) is 22.7. The van der Waals surface area contributed by atoms with Crippen LogP contribution < -0.4 is 15.0 Å². The minimum Gasteiger partial charge on any atom is -0.493 e. The molecule has 0 heterocycles. The van der Waals surface area contributed by atoms with Crippen molar-refractivity contribution in [1.29, 1.82) is 0 Å². The van der Waals surface area contributed by atoms with E-state index in [0.717, 1.165) is 42.5 Å². The van der Waals surface area contributed by atoms with Gasteiger partial charge in [0.1, 0.15) is 5.75 Å². The molecular formula is C30H42N2O5. The van der Waals surface area contributed by atoms with Crippen LogP contribution in [0.4, 0.5) is 10.5 Å².